The molecule has 0 aromatic heterocycles. The fourth-order valence-electron chi connectivity index (χ4n) is 0.757. The maximum atomic E-state index is 10.6. The molecule has 0 saturated carbocycles. The van der Waals surface area contributed by atoms with Crippen molar-refractivity contribution in [3.05, 3.63) is 0 Å². The molecule has 0 unspecified atom stereocenters. The second kappa shape index (κ2) is 5.45. The Morgan fingerprint density at radius 2 is 1.94 bits per heavy atom. The van der Waals surface area contributed by atoms with Gasteiger partial charge in [-0.2, -0.15) is 0 Å². The molecular formula is C10H21NO4Si. The molecule has 0 aromatic carbocycles. The number of hydrogen-bond acceptors (Lipinski definition) is 4. The van der Waals surface area contributed by atoms with E-state index in [1.807, 2.05) is 0 Å². The Morgan fingerprint density at radius 3 is 2.25 bits per heavy atom. The summed E-state index contributed by atoms with van der Waals surface area (Å²) in [6, 6.07) is 0. The molecule has 6 heteroatoms. The number of carbonyl (C=O) groups excluding carboxylic acids is 2. The van der Waals surface area contributed by atoms with Gasteiger partial charge in [0.2, 0.25) is 0 Å². The van der Waals surface area contributed by atoms with Crippen molar-refractivity contribution in [3.8, 4) is 0 Å². The van der Waals surface area contributed by atoms with Crippen molar-refractivity contribution in [2.45, 2.75) is 45.0 Å². The minimum atomic E-state index is -1.93. The van der Waals surface area contributed by atoms with Gasteiger partial charge in [-0.25, -0.2) is 4.79 Å². The van der Waals surface area contributed by atoms with Crippen molar-refractivity contribution in [2.24, 2.45) is 5.73 Å². The van der Waals surface area contributed by atoms with Crippen LogP contribution in [0, 0.1) is 0 Å². The number of amides is 1. The Balaban J connectivity index is 4.31. The van der Waals surface area contributed by atoms with Gasteiger partial charge in [0.05, 0.1) is 6.61 Å². The minimum Gasteiger partial charge on any atom is -0.436 e. The molecule has 0 aliphatic carbocycles. The zero-order valence-corrected chi connectivity index (χ0v) is 11.6. The standard InChI is InChI=1S/C10H21NO4Si/c1-10(2,3)16(4,5)14-7-8(6-12)15-9(11)13/h6,8H,7H2,1-5H3,(H2,11,13)/t8-/m1/s1. The number of carbonyl (C=O) groups is 2. The van der Waals surface area contributed by atoms with E-state index < -0.39 is 20.5 Å². The van der Waals surface area contributed by atoms with Gasteiger partial charge in [0.25, 0.3) is 0 Å². The topological polar surface area (TPSA) is 78.6 Å². The Kier molecular flexibility index (Phi) is 5.15. The highest BCUT2D eigenvalue weighted by atomic mass is 28.4. The molecule has 0 aliphatic rings. The minimum absolute atomic E-state index is 0.0488. The molecular weight excluding hydrogens is 226 g/mol. The Hall–Kier alpha value is -0.883. The van der Waals surface area contributed by atoms with Crippen LogP contribution in [0.25, 0.3) is 0 Å². The number of nitrogens with two attached hydrogens (primary N) is 1. The van der Waals surface area contributed by atoms with Crippen molar-refractivity contribution in [1.82, 2.24) is 0 Å². The van der Waals surface area contributed by atoms with Crippen molar-refractivity contribution in [1.29, 1.82) is 0 Å². The highest BCUT2D eigenvalue weighted by Gasteiger charge is 2.37. The van der Waals surface area contributed by atoms with Crippen LogP contribution in [-0.4, -0.2) is 33.4 Å². The Bertz CT molecular complexity index is 260. The van der Waals surface area contributed by atoms with Crippen LogP contribution in [-0.2, 0) is 14.0 Å². The lowest BCUT2D eigenvalue weighted by Crippen LogP contribution is -2.43. The Morgan fingerprint density at radius 1 is 1.44 bits per heavy atom. The van der Waals surface area contributed by atoms with Crippen LogP contribution in [0.4, 0.5) is 4.79 Å². The third-order valence-corrected chi connectivity index (χ3v) is 7.33. The molecule has 0 heterocycles. The highest BCUT2D eigenvalue weighted by Crippen LogP contribution is 2.36. The summed E-state index contributed by atoms with van der Waals surface area (Å²) in [6.45, 7) is 10.4. The predicted octanol–water partition coefficient (Wildman–Crippen LogP) is 1.67. The molecule has 0 aromatic rings. The number of hydrogen-bond donors (Lipinski definition) is 1. The highest BCUT2D eigenvalue weighted by molar-refractivity contribution is 6.74. The second-order valence-electron chi connectivity index (χ2n) is 5.18. The van der Waals surface area contributed by atoms with Gasteiger partial charge in [0, 0.05) is 0 Å². The first-order valence-corrected chi connectivity index (χ1v) is 8.06. The molecule has 1 amide bonds. The number of aldehydes is 1. The fraction of sp³-hybridized carbons (Fsp3) is 0.800. The summed E-state index contributed by atoms with van der Waals surface area (Å²) in [5.41, 5.74) is 4.83. The van der Waals surface area contributed by atoms with Gasteiger partial charge in [0.1, 0.15) is 0 Å². The van der Waals surface area contributed by atoms with Crippen LogP contribution in [0.1, 0.15) is 20.8 Å². The molecule has 1 atom stereocenters. The second-order valence-corrected chi connectivity index (χ2v) is 9.99. The van der Waals surface area contributed by atoms with Gasteiger partial charge in [0.15, 0.2) is 20.7 Å². The van der Waals surface area contributed by atoms with E-state index in [2.05, 4.69) is 38.6 Å². The van der Waals surface area contributed by atoms with E-state index in [4.69, 9.17) is 10.2 Å². The van der Waals surface area contributed by atoms with E-state index in [9.17, 15) is 9.59 Å². The molecule has 16 heavy (non-hydrogen) atoms. The largest absolute Gasteiger partial charge is 0.436 e. The SMILES string of the molecule is CC(C)(C)[Si](C)(C)OC[C@@H](C=O)OC(N)=O. The lowest BCUT2D eigenvalue weighted by atomic mass is 10.2. The monoisotopic (exact) mass is 247 g/mol. The number of primary amides is 1. The van der Waals surface area contributed by atoms with Crippen molar-refractivity contribution < 1.29 is 18.8 Å². The lowest BCUT2D eigenvalue weighted by Gasteiger charge is -2.36. The summed E-state index contributed by atoms with van der Waals surface area (Å²) in [4.78, 5) is 21.1. The summed E-state index contributed by atoms with van der Waals surface area (Å²) in [5, 5.41) is 0.0488. The zero-order chi connectivity index (χ0) is 13.0. The van der Waals surface area contributed by atoms with E-state index in [1.165, 1.54) is 0 Å². The maximum Gasteiger partial charge on any atom is 0.405 e. The van der Waals surface area contributed by atoms with E-state index in [0.29, 0.717) is 6.29 Å². The van der Waals surface area contributed by atoms with Crippen LogP contribution >= 0.6 is 0 Å². The average Bonchev–Trinajstić information content (AvgIpc) is 2.09. The third-order valence-electron chi connectivity index (χ3n) is 2.83. The van der Waals surface area contributed by atoms with E-state index in [1.54, 1.807) is 0 Å². The number of ether oxygens (including phenoxy) is 1. The molecule has 0 fully saturated rings. The summed E-state index contributed by atoms with van der Waals surface area (Å²) >= 11 is 0. The first-order chi connectivity index (χ1) is 7.10. The van der Waals surface area contributed by atoms with Gasteiger partial charge in [-0.3, -0.25) is 4.79 Å². The lowest BCUT2D eigenvalue weighted by molar-refractivity contribution is -0.116. The molecule has 0 aliphatic heterocycles. The fourth-order valence-corrected chi connectivity index (χ4v) is 1.77. The Labute approximate surface area is 97.4 Å². The average molecular weight is 247 g/mol. The van der Waals surface area contributed by atoms with Crippen molar-refractivity contribution in [2.75, 3.05) is 6.61 Å². The smallest absolute Gasteiger partial charge is 0.405 e. The molecule has 0 spiro atoms. The number of rotatable bonds is 5. The van der Waals surface area contributed by atoms with Gasteiger partial charge in [-0.1, -0.05) is 20.8 Å². The van der Waals surface area contributed by atoms with Crippen LogP contribution < -0.4 is 5.73 Å². The molecule has 0 saturated heterocycles. The molecule has 5 nitrogen and oxygen atoms in total. The summed E-state index contributed by atoms with van der Waals surface area (Å²) in [7, 11) is -1.93. The molecule has 94 valence electrons. The van der Waals surface area contributed by atoms with Crippen molar-refractivity contribution in [3.63, 3.8) is 0 Å². The predicted molar refractivity (Wildman–Crippen MR) is 63.7 cm³/mol. The summed E-state index contributed by atoms with van der Waals surface area (Å²) in [5.74, 6) is 0. The molecule has 0 bridgehead atoms. The normalized spacial score (nSPS) is 14.3. The van der Waals surface area contributed by atoms with E-state index in [0.717, 1.165) is 0 Å². The molecule has 2 N–H and O–H groups in total. The molecule has 0 radical (unpaired) electrons. The van der Waals surface area contributed by atoms with Crippen LogP contribution in [0.15, 0.2) is 0 Å². The van der Waals surface area contributed by atoms with E-state index >= 15 is 0 Å². The van der Waals surface area contributed by atoms with Crippen LogP contribution in [0.2, 0.25) is 18.1 Å². The zero-order valence-electron chi connectivity index (χ0n) is 10.6. The first-order valence-electron chi connectivity index (χ1n) is 5.15. The van der Waals surface area contributed by atoms with Crippen LogP contribution in [0.5, 0.6) is 0 Å². The van der Waals surface area contributed by atoms with Gasteiger partial charge in [-0.15, -0.1) is 0 Å². The maximum absolute atomic E-state index is 10.6. The van der Waals surface area contributed by atoms with Crippen LogP contribution in [0.3, 0.4) is 0 Å². The third kappa shape index (κ3) is 4.76. The molecule has 0 rings (SSSR count). The van der Waals surface area contributed by atoms with Gasteiger partial charge in [-0.05, 0) is 18.1 Å². The quantitative estimate of drug-likeness (QED) is 0.592. The first kappa shape index (κ1) is 15.1. The van der Waals surface area contributed by atoms with E-state index in [-0.39, 0.29) is 11.6 Å². The van der Waals surface area contributed by atoms with Gasteiger partial charge >= 0.3 is 6.09 Å². The van der Waals surface area contributed by atoms with Crippen molar-refractivity contribution >= 4 is 20.7 Å². The summed E-state index contributed by atoms with van der Waals surface area (Å²) in [6.07, 6.45) is -1.35. The van der Waals surface area contributed by atoms with Gasteiger partial charge < -0.3 is 14.9 Å². The summed E-state index contributed by atoms with van der Waals surface area (Å²) < 4.78 is 10.3.